The average Bonchev–Trinajstić information content (AvgIpc) is 2.71. The van der Waals surface area contributed by atoms with Crippen molar-refractivity contribution in [3.63, 3.8) is 0 Å². The fourth-order valence-corrected chi connectivity index (χ4v) is 1.49. The van der Waals surface area contributed by atoms with Gasteiger partial charge in [0.25, 0.3) is 11.6 Å². The van der Waals surface area contributed by atoms with Gasteiger partial charge in [0.05, 0.1) is 5.92 Å². The van der Waals surface area contributed by atoms with Gasteiger partial charge in [-0.1, -0.05) is 6.92 Å². The minimum Gasteiger partial charge on any atom is -0.481 e. The number of fused-ring (bicyclic) bond motifs is 1. The Hall–Kier alpha value is -2.19. The molecule has 2 aromatic heterocycles. The molecule has 6 nitrogen and oxygen atoms in total. The molecule has 0 saturated heterocycles. The number of carboxylic acid groups (broad SMARTS) is 1. The lowest BCUT2D eigenvalue weighted by molar-refractivity contribution is -0.144. The largest absolute Gasteiger partial charge is 0.481 e. The van der Waals surface area contributed by atoms with Crippen LogP contribution in [0.2, 0.25) is 0 Å². The molecule has 0 aliphatic rings. The van der Waals surface area contributed by atoms with Crippen LogP contribution in [0.4, 0.5) is 13.2 Å². The van der Waals surface area contributed by atoms with Crippen LogP contribution in [0.3, 0.4) is 0 Å². The topological polar surface area (TPSA) is 80.4 Å². The zero-order valence-electron chi connectivity index (χ0n) is 9.72. The molecule has 1 N–H and O–H groups in total. The summed E-state index contributed by atoms with van der Waals surface area (Å²) < 4.78 is 38.1. The lowest BCUT2D eigenvalue weighted by atomic mass is 10.0. The van der Waals surface area contributed by atoms with Crippen LogP contribution in [0.5, 0.6) is 0 Å². The van der Waals surface area contributed by atoms with E-state index in [1.165, 1.54) is 19.3 Å². The number of alkyl halides is 3. The van der Waals surface area contributed by atoms with Crippen molar-refractivity contribution in [2.45, 2.75) is 19.5 Å². The lowest BCUT2D eigenvalue weighted by Gasteiger charge is -2.05. The Balaban J connectivity index is 2.33. The molecule has 9 heteroatoms. The third-order valence-corrected chi connectivity index (χ3v) is 2.46. The van der Waals surface area contributed by atoms with Gasteiger partial charge in [-0.3, -0.25) is 4.79 Å². The summed E-state index contributed by atoms with van der Waals surface area (Å²) in [6.07, 6.45) is -1.89. The van der Waals surface area contributed by atoms with Gasteiger partial charge >= 0.3 is 12.1 Å². The van der Waals surface area contributed by atoms with Crippen LogP contribution in [0, 0.1) is 5.92 Å². The molecule has 0 fully saturated rings. The third kappa shape index (κ3) is 2.80. The first-order chi connectivity index (χ1) is 8.77. The molecule has 0 bridgehead atoms. The summed E-state index contributed by atoms with van der Waals surface area (Å²) in [5.74, 6) is -3.11. The number of rotatable bonds is 3. The maximum Gasteiger partial charge on any atom is 0.453 e. The highest BCUT2D eigenvalue weighted by Crippen LogP contribution is 2.26. The second-order valence-corrected chi connectivity index (χ2v) is 4.08. The van der Waals surface area contributed by atoms with Gasteiger partial charge < -0.3 is 5.11 Å². The number of nitrogens with zero attached hydrogens (tertiary/aromatic N) is 4. The number of aromatic nitrogens is 4. The van der Waals surface area contributed by atoms with Gasteiger partial charge in [-0.25, -0.2) is 9.50 Å². The highest BCUT2D eigenvalue weighted by Gasteiger charge is 2.36. The fraction of sp³-hybridized carbons (Fsp3) is 0.400. The van der Waals surface area contributed by atoms with Crippen molar-refractivity contribution in [3.05, 3.63) is 23.8 Å². The SMILES string of the molecule is CC(Cc1cnc2nc(C(F)(F)F)nn2c1)C(=O)O. The fourth-order valence-electron chi connectivity index (χ4n) is 1.49. The van der Waals surface area contributed by atoms with Crippen molar-refractivity contribution in [1.82, 2.24) is 19.6 Å². The smallest absolute Gasteiger partial charge is 0.453 e. The molecule has 0 saturated carbocycles. The van der Waals surface area contributed by atoms with Gasteiger partial charge in [0.2, 0.25) is 0 Å². The minimum absolute atomic E-state index is 0.152. The Morgan fingerprint density at radius 1 is 1.53 bits per heavy atom. The van der Waals surface area contributed by atoms with Crippen LogP contribution in [-0.2, 0) is 17.4 Å². The standard InChI is InChI=1S/C10H9F3N4O2/c1-5(7(18)19)2-6-3-14-9-15-8(10(11,12)13)16-17(9)4-6/h3-5H,2H2,1H3,(H,18,19). The summed E-state index contributed by atoms with van der Waals surface area (Å²) in [5.41, 5.74) is 0.473. The molecule has 19 heavy (non-hydrogen) atoms. The van der Waals surface area contributed by atoms with Crippen molar-refractivity contribution in [2.75, 3.05) is 0 Å². The Morgan fingerprint density at radius 3 is 2.79 bits per heavy atom. The normalized spacial score (nSPS) is 13.7. The van der Waals surface area contributed by atoms with E-state index in [0.717, 1.165) is 4.52 Å². The Kier molecular flexibility index (Phi) is 3.13. The van der Waals surface area contributed by atoms with Crippen LogP contribution >= 0.6 is 0 Å². The first-order valence-corrected chi connectivity index (χ1v) is 5.28. The van der Waals surface area contributed by atoms with Crippen molar-refractivity contribution in [1.29, 1.82) is 0 Å². The maximum absolute atomic E-state index is 12.4. The molecule has 1 unspecified atom stereocenters. The molecule has 0 aliphatic carbocycles. The van der Waals surface area contributed by atoms with Crippen LogP contribution in [-0.4, -0.2) is 30.7 Å². The number of hydrogen-bond acceptors (Lipinski definition) is 4. The number of carbonyl (C=O) groups is 1. The summed E-state index contributed by atoms with van der Waals surface area (Å²) in [6, 6.07) is 0. The monoisotopic (exact) mass is 274 g/mol. The summed E-state index contributed by atoms with van der Waals surface area (Å²) >= 11 is 0. The molecule has 102 valence electrons. The van der Waals surface area contributed by atoms with Crippen molar-refractivity contribution in [2.24, 2.45) is 5.92 Å². The summed E-state index contributed by atoms with van der Waals surface area (Å²) in [4.78, 5) is 17.7. The van der Waals surface area contributed by atoms with Crippen LogP contribution < -0.4 is 0 Å². The molecule has 0 amide bonds. The summed E-state index contributed by atoms with van der Waals surface area (Å²) in [5, 5.41) is 12.0. The predicted octanol–water partition coefficient (Wildman–Crippen LogP) is 1.41. The maximum atomic E-state index is 12.4. The molecule has 0 aromatic carbocycles. The van der Waals surface area contributed by atoms with E-state index in [1.54, 1.807) is 0 Å². The first-order valence-electron chi connectivity index (χ1n) is 5.28. The minimum atomic E-state index is -4.64. The highest BCUT2D eigenvalue weighted by molar-refractivity contribution is 5.69. The van der Waals surface area contributed by atoms with E-state index in [2.05, 4.69) is 15.1 Å². The molecule has 2 heterocycles. The third-order valence-electron chi connectivity index (χ3n) is 2.46. The molecule has 0 aliphatic heterocycles. The van der Waals surface area contributed by atoms with Crippen molar-refractivity contribution >= 4 is 11.7 Å². The zero-order chi connectivity index (χ0) is 14.2. The number of hydrogen-bond donors (Lipinski definition) is 1. The van der Waals surface area contributed by atoms with E-state index in [9.17, 15) is 18.0 Å². The van der Waals surface area contributed by atoms with Crippen molar-refractivity contribution in [3.8, 4) is 0 Å². The van der Waals surface area contributed by atoms with Gasteiger partial charge in [0.1, 0.15) is 0 Å². The molecular formula is C10H9F3N4O2. The highest BCUT2D eigenvalue weighted by atomic mass is 19.4. The van der Waals surface area contributed by atoms with E-state index >= 15 is 0 Å². The molecule has 2 aromatic rings. The van der Waals surface area contributed by atoms with Gasteiger partial charge in [0, 0.05) is 12.4 Å². The number of aliphatic carboxylic acids is 1. The van der Waals surface area contributed by atoms with E-state index in [4.69, 9.17) is 5.11 Å². The Labute approximate surface area is 104 Å². The molecule has 2 rings (SSSR count). The second-order valence-electron chi connectivity index (χ2n) is 4.08. The van der Waals surface area contributed by atoms with E-state index in [0.29, 0.717) is 5.56 Å². The van der Waals surface area contributed by atoms with E-state index < -0.39 is 23.9 Å². The Morgan fingerprint density at radius 2 is 2.21 bits per heavy atom. The van der Waals surface area contributed by atoms with Gasteiger partial charge in [0.15, 0.2) is 0 Å². The van der Waals surface area contributed by atoms with Gasteiger partial charge in [-0.05, 0) is 12.0 Å². The van der Waals surface area contributed by atoms with Crippen LogP contribution in [0.25, 0.3) is 5.78 Å². The first kappa shape index (κ1) is 13.2. The molecule has 0 radical (unpaired) electrons. The summed E-state index contributed by atoms with van der Waals surface area (Å²) in [7, 11) is 0. The van der Waals surface area contributed by atoms with E-state index in [1.807, 2.05) is 0 Å². The number of halogens is 3. The average molecular weight is 274 g/mol. The van der Waals surface area contributed by atoms with Crippen LogP contribution in [0.15, 0.2) is 12.4 Å². The quantitative estimate of drug-likeness (QED) is 0.915. The molecule has 0 spiro atoms. The number of carboxylic acids is 1. The molecule has 1 atom stereocenters. The Bertz CT molecular complexity index is 623. The summed E-state index contributed by atoms with van der Waals surface area (Å²) in [6.45, 7) is 1.50. The van der Waals surface area contributed by atoms with E-state index in [-0.39, 0.29) is 12.2 Å². The van der Waals surface area contributed by atoms with Crippen molar-refractivity contribution < 1.29 is 23.1 Å². The van der Waals surface area contributed by atoms with Crippen LogP contribution in [0.1, 0.15) is 18.3 Å². The van der Waals surface area contributed by atoms with Gasteiger partial charge in [-0.2, -0.15) is 18.2 Å². The predicted molar refractivity (Wildman–Crippen MR) is 56.3 cm³/mol. The van der Waals surface area contributed by atoms with Gasteiger partial charge in [-0.15, -0.1) is 5.10 Å². The second kappa shape index (κ2) is 4.48. The zero-order valence-corrected chi connectivity index (χ0v) is 9.72. The molecular weight excluding hydrogens is 265 g/mol. The lowest BCUT2D eigenvalue weighted by Crippen LogP contribution is -2.13.